The molecule has 32 heavy (non-hydrogen) atoms. The Morgan fingerprint density at radius 1 is 1.22 bits per heavy atom. The molecule has 2 heterocycles. The van der Waals surface area contributed by atoms with E-state index in [4.69, 9.17) is 15.9 Å². The highest BCUT2D eigenvalue weighted by atomic mass is 16.5. The molecule has 6 N–H and O–H groups in total. The van der Waals surface area contributed by atoms with Crippen LogP contribution in [0, 0.1) is 5.41 Å². The first-order valence-corrected chi connectivity index (χ1v) is 9.89. The first kappa shape index (κ1) is 21.2. The number of morpholine rings is 1. The lowest BCUT2D eigenvalue weighted by molar-refractivity contribution is -0.150. The molecule has 2 atom stereocenters. The van der Waals surface area contributed by atoms with Crippen molar-refractivity contribution < 1.29 is 19.4 Å². The lowest BCUT2D eigenvalue weighted by Gasteiger charge is -2.34. The van der Waals surface area contributed by atoms with Crippen LogP contribution >= 0.6 is 0 Å². The lowest BCUT2D eigenvalue weighted by atomic mass is 10.1. The monoisotopic (exact) mass is 434 g/mol. The van der Waals surface area contributed by atoms with Gasteiger partial charge in [-0.2, -0.15) is 5.10 Å². The summed E-state index contributed by atoms with van der Waals surface area (Å²) in [7, 11) is 0. The van der Waals surface area contributed by atoms with E-state index in [-0.39, 0.29) is 12.4 Å². The molecule has 0 radical (unpaired) electrons. The predicted octanol–water partition coefficient (Wildman–Crippen LogP) is 1.09. The minimum atomic E-state index is -1.69. The summed E-state index contributed by atoms with van der Waals surface area (Å²) in [5, 5.41) is 27.1. The largest absolute Gasteiger partial charge is 0.384 e. The minimum absolute atomic E-state index is 0.0954. The quantitative estimate of drug-likeness (QED) is 0.289. The van der Waals surface area contributed by atoms with Crippen LogP contribution in [0.3, 0.4) is 0 Å². The van der Waals surface area contributed by atoms with Gasteiger partial charge in [0.05, 0.1) is 12.8 Å². The molecule has 4 rings (SSSR count). The number of nitrogens with one attached hydrogen (secondary N) is 3. The van der Waals surface area contributed by atoms with Crippen LogP contribution in [0.5, 0.6) is 0 Å². The van der Waals surface area contributed by atoms with Crippen molar-refractivity contribution in [1.29, 1.82) is 5.41 Å². The SMILES string of the molecule is N=C(N)c1ccc(NC(=O)[C@H](O)[C@H]2OCCN(c3ccc(-c4cn[nH]c4)cc3)C2=O)cc1. The summed E-state index contributed by atoms with van der Waals surface area (Å²) in [6, 6.07) is 13.6. The number of rotatable bonds is 6. The van der Waals surface area contributed by atoms with Crippen LogP contribution < -0.4 is 16.0 Å². The Balaban J connectivity index is 1.43. The molecule has 0 bridgehead atoms. The van der Waals surface area contributed by atoms with Crippen molar-refractivity contribution in [2.75, 3.05) is 23.4 Å². The summed E-state index contributed by atoms with van der Waals surface area (Å²) in [6.45, 7) is 0.485. The molecule has 0 spiro atoms. The van der Waals surface area contributed by atoms with Gasteiger partial charge < -0.3 is 25.8 Å². The van der Waals surface area contributed by atoms with E-state index in [0.717, 1.165) is 11.1 Å². The molecule has 1 aliphatic heterocycles. The smallest absolute Gasteiger partial charge is 0.259 e. The number of aromatic amines is 1. The van der Waals surface area contributed by atoms with Gasteiger partial charge in [-0.1, -0.05) is 12.1 Å². The highest BCUT2D eigenvalue weighted by Gasteiger charge is 2.39. The number of carbonyl (C=O) groups excluding carboxylic acids is 2. The molecule has 0 saturated carbocycles. The third-order valence-corrected chi connectivity index (χ3v) is 5.15. The maximum absolute atomic E-state index is 13.0. The summed E-state index contributed by atoms with van der Waals surface area (Å²) in [6.07, 6.45) is 0.456. The zero-order valence-corrected chi connectivity index (χ0v) is 17.0. The number of H-pyrrole nitrogens is 1. The number of carbonyl (C=O) groups is 2. The number of hydrogen-bond donors (Lipinski definition) is 5. The van der Waals surface area contributed by atoms with Gasteiger partial charge in [-0.3, -0.25) is 20.1 Å². The second-order valence-electron chi connectivity index (χ2n) is 7.24. The summed E-state index contributed by atoms with van der Waals surface area (Å²) >= 11 is 0. The van der Waals surface area contributed by atoms with Gasteiger partial charge in [-0.25, -0.2) is 0 Å². The van der Waals surface area contributed by atoms with E-state index < -0.39 is 24.0 Å². The minimum Gasteiger partial charge on any atom is -0.384 e. The molecular formula is C22H22N6O4. The molecule has 1 aromatic heterocycles. The number of benzene rings is 2. The van der Waals surface area contributed by atoms with Crippen LogP contribution in [-0.4, -0.2) is 58.3 Å². The summed E-state index contributed by atoms with van der Waals surface area (Å²) < 4.78 is 5.44. The van der Waals surface area contributed by atoms with Crippen molar-refractivity contribution in [2.24, 2.45) is 5.73 Å². The summed E-state index contributed by atoms with van der Waals surface area (Å²) in [4.78, 5) is 27.0. The molecule has 1 aliphatic rings. The average Bonchev–Trinajstić information content (AvgIpc) is 3.34. The normalized spacial score (nSPS) is 17.1. The fourth-order valence-corrected chi connectivity index (χ4v) is 3.42. The molecule has 0 aliphatic carbocycles. The van der Waals surface area contributed by atoms with Crippen molar-refractivity contribution in [2.45, 2.75) is 12.2 Å². The van der Waals surface area contributed by atoms with E-state index in [0.29, 0.717) is 23.5 Å². The second-order valence-corrected chi connectivity index (χ2v) is 7.24. The van der Waals surface area contributed by atoms with Crippen molar-refractivity contribution in [3.8, 4) is 11.1 Å². The van der Waals surface area contributed by atoms with Gasteiger partial charge in [-0.15, -0.1) is 0 Å². The van der Waals surface area contributed by atoms with E-state index in [9.17, 15) is 14.7 Å². The van der Waals surface area contributed by atoms with Crippen molar-refractivity contribution in [3.63, 3.8) is 0 Å². The van der Waals surface area contributed by atoms with Gasteiger partial charge in [-0.05, 0) is 42.0 Å². The average molecular weight is 434 g/mol. The second kappa shape index (κ2) is 9.00. The number of aliphatic hydroxyl groups is 1. The molecule has 1 saturated heterocycles. The maximum atomic E-state index is 13.0. The lowest BCUT2D eigenvalue weighted by Crippen LogP contribution is -2.55. The number of nitrogen functional groups attached to an aromatic ring is 1. The van der Waals surface area contributed by atoms with Crippen molar-refractivity contribution in [3.05, 3.63) is 66.5 Å². The number of aromatic nitrogens is 2. The Hall–Kier alpha value is -4.02. The number of amidine groups is 1. The molecule has 10 nitrogen and oxygen atoms in total. The summed E-state index contributed by atoms with van der Waals surface area (Å²) in [5.74, 6) is -1.36. The zero-order chi connectivity index (χ0) is 22.7. The van der Waals surface area contributed by atoms with Gasteiger partial charge in [0, 0.05) is 35.2 Å². The third-order valence-electron chi connectivity index (χ3n) is 5.15. The molecule has 2 aromatic carbocycles. The van der Waals surface area contributed by atoms with Crippen molar-refractivity contribution >= 4 is 29.0 Å². The first-order chi connectivity index (χ1) is 15.4. The fraction of sp³-hybridized carbons (Fsp3) is 0.182. The first-order valence-electron chi connectivity index (χ1n) is 9.89. The van der Waals surface area contributed by atoms with E-state index in [1.807, 2.05) is 12.1 Å². The predicted molar refractivity (Wildman–Crippen MR) is 118 cm³/mol. The Bertz CT molecular complexity index is 1110. The molecule has 0 unspecified atom stereocenters. The van der Waals surface area contributed by atoms with Crippen LogP contribution in [0.25, 0.3) is 11.1 Å². The van der Waals surface area contributed by atoms with Gasteiger partial charge >= 0.3 is 0 Å². The number of hydrogen-bond acceptors (Lipinski definition) is 6. The number of nitrogens with zero attached hydrogens (tertiary/aromatic N) is 2. The van der Waals surface area contributed by atoms with E-state index >= 15 is 0 Å². The Labute approximate surface area is 183 Å². The number of anilines is 2. The van der Waals surface area contributed by atoms with Crippen LogP contribution in [0.1, 0.15) is 5.56 Å². The Morgan fingerprint density at radius 3 is 2.56 bits per heavy atom. The van der Waals surface area contributed by atoms with E-state index in [1.54, 1.807) is 48.8 Å². The van der Waals surface area contributed by atoms with Crippen LogP contribution in [0.4, 0.5) is 11.4 Å². The third kappa shape index (κ3) is 4.36. The number of amides is 2. The van der Waals surface area contributed by atoms with Gasteiger partial charge in [0.2, 0.25) is 0 Å². The molecule has 1 fully saturated rings. The maximum Gasteiger partial charge on any atom is 0.259 e. The summed E-state index contributed by atoms with van der Waals surface area (Å²) in [5.41, 5.74) is 8.82. The Kier molecular flexibility index (Phi) is 5.97. The highest BCUT2D eigenvalue weighted by Crippen LogP contribution is 2.25. The number of nitrogens with two attached hydrogens (primary N) is 1. The topological polar surface area (TPSA) is 157 Å². The molecule has 164 valence electrons. The van der Waals surface area contributed by atoms with E-state index in [2.05, 4.69) is 15.5 Å². The molecule has 10 heteroatoms. The highest BCUT2D eigenvalue weighted by molar-refractivity contribution is 6.04. The van der Waals surface area contributed by atoms with Crippen molar-refractivity contribution in [1.82, 2.24) is 10.2 Å². The standard InChI is InChI=1S/C22H22N6O4/c23-20(24)14-1-5-16(6-2-14)27-21(30)18(29)19-22(31)28(9-10-32-19)17-7-3-13(4-8-17)15-11-25-26-12-15/h1-8,11-12,18-19,29H,9-10H2,(H3,23,24)(H,25,26)(H,27,30)/t18-,19-/m1/s1. The van der Waals surface area contributed by atoms with Gasteiger partial charge in [0.1, 0.15) is 5.84 Å². The van der Waals surface area contributed by atoms with Gasteiger partial charge in [0.15, 0.2) is 12.2 Å². The fourth-order valence-electron chi connectivity index (χ4n) is 3.42. The molecule has 3 aromatic rings. The van der Waals surface area contributed by atoms with Crippen LogP contribution in [-0.2, 0) is 14.3 Å². The van der Waals surface area contributed by atoms with Crippen LogP contribution in [0.15, 0.2) is 60.9 Å². The number of aliphatic hydroxyl groups excluding tert-OH is 1. The van der Waals surface area contributed by atoms with Gasteiger partial charge in [0.25, 0.3) is 11.8 Å². The Morgan fingerprint density at radius 2 is 1.94 bits per heavy atom. The number of ether oxygens (including phenoxy) is 1. The van der Waals surface area contributed by atoms with E-state index in [1.165, 1.54) is 4.90 Å². The molecule has 2 amide bonds. The zero-order valence-electron chi connectivity index (χ0n) is 17.0. The molecular weight excluding hydrogens is 412 g/mol. The van der Waals surface area contributed by atoms with Crippen LogP contribution in [0.2, 0.25) is 0 Å².